The van der Waals surface area contributed by atoms with E-state index in [1.165, 1.54) is 0 Å². The number of hydroxylamine groups is 1. The topological polar surface area (TPSA) is 60.0 Å². The summed E-state index contributed by atoms with van der Waals surface area (Å²) in [6.07, 6.45) is -0.616. The summed E-state index contributed by atoms with van der Waals surface area (Å²) in [7, 11) is 1.61. The predicted octanol–water partition coefficient (Wildman–Crippen LogP) is 1.61. The van der Waals surface area contributed by atoms with E-state index in [1.807, 2.05) is 12.1 Å². The maximum Gasteiger partial charge on any atom is 0.119 e. The summed E-state index contributed by atoms with van der Waals surface area (Å²) in [6, 6.07) is 7.22. The van der Waals surface area contributed by atoms with Crippen molar-refractivity contribution in [1.82, 2.24) is 5.48 Å². The van der Waals surface area contributed by atoms with E-state index in [1.54, 1.807) is 19.2 Å². The summed E-state index contributed by atoms with van der Waals surface area (Å²) in [5, 5.41) is 9.68. The molecule has 1 aromatic rings. The molecule has 1 unspecified atom stereocenters. The fraction of sp³-hybridized carbons (Fsp3) is 0.571. The van der Waals surface area contributed by atoms with Crippen LogP contribution in [-0.2, 0) is 4.84 Å². The van der Waals surface area contributed by atoms with Crippen LogP contribution in [-0.4, -0.2) is 38.1 Å². The van der Waals surface area contributed by atoms with Gasteiger partial charge >= 0.3 is 0 Å². The van der Waals surface area contributed by atoms with Crippen LogP contribution in [0, 0.1) is 5.92 Å². The summed E-state index contributed by atoms with van der Waals surface area (Å²) >= 11 is 0. The summed E-state index contributed by atoms with van der Waals surface area (Å²) in [6.45, 7) is 5.29. The van der Waals surface area contributed by atoms with Crippen molar-refractivity contribution in [3.05, 3.63) is 24.3 Å². The molecule has 0 spiro atoms. The number of benzene rings is 1. The SMILES string of the molecule is COc1ccc(OCC(O)CNOCC(C)C)cc1. The largest absolute Gasteiger partial charge is 0.497 e. The van der Waals surface area contributed by atoms with Crippen LogP contribution in [0.5, 0.6) is 11.5 Å². The Morgan fingerprint density at radius 2 is 1.74 bits per heavy atom. The first-order valence-corrected chi connectivity index (χ1v) is 6.41. The van der Waals surface area contributed by atoms with E-state index in [4.69, 9.17) is 14.3 Å². The standard InChI is InChI=1S/C14H23NO4/c1-11(2)9-19-15-8-12(16)10-18-14-6-4-13(17-3)5-7-14/h4-7,11-12,15-16H,8-10H2,1-3H3. The van der Waals surface area contributed by atoms with Crippen molar-refractivity contribution in [3.63, 3.8) is 0 Å². The molecule has 1 aromatic carbocycles. The number of rotatable bonds is 9. The zero-order chi connectivity index (χ0) is 14.1. The van der Waals surface area contributed by atoms with Gasteiger partial charge in [-0.15, -0.1) is 0 Å². The van der Waals surface area contributed by atoms with E-state index in [0.717, 1.165) is 5.75 Å². The van der Waals surface area contributed by atoms with E-state index in [-0.39, 0.29) is 6.61 Å². The Kier molecular flexibility index (Phi) is 7.25. The Morgan fingerprint density at radius 3 is 2.32 bits per heavy atom. The molecule has 0 aromatic heterocycles. The molecule has 0 amide bonds. The number of nitrogens with one attached hydrogen (secondary N) is 1. The Bertz CT molecular complexity index is 340. The second kappa shape index (κ2) is 8.74. The number of hydrogen-bond donors (Lipinski definition) is 2. The third-order valence-corrected chi connectivity index (χ3v) is 2.34. The van der Waals surface area contributed by atoms with E-state index in [0.29, 0.717) is 24.8 Å². The molecule has 5 nitrogen and oxygen atoms in total. The highest BCUT2D eigenvalue weighted by Gasteiger charge is 2.05. The van der Waals surface area contributed by atoms with Crippen molar-refractivity contribution in [1.29, 1.82) is 0 Å². The second-order valence-corrected chi connectivity index (χ2v) is 4.69. The van der Waals surface area contributed by atoms with Gasteiger partial charge in [0.05, 0.1) is 20.3 Å². The number of aliphatic hydroxyl groups excluding tert-OH is 1. The van der Waals surface area contributed by atoms with Gasteiger partial charge in [0.1, 0.15) is 24.2 Å². The second-order valence-electron chi connectivity index (χ2n) is 4.69. The zero-order valence-corrected chi connectivity index (χ0v) is 11.8. The minimum Gasteiger partial charge on any atom is -0.497 e. The van der Waals surface area contributed by atoms with Gasteiger partial charge in [-0.3, -0.25) is 0 Å². The lowest BCUT2D eigenvalue weighted by atomic mass is 10.2. The molecular weight excluding hydrogens is 246 g/mol. The summed E-state index contributed by atoms with van der Waals surface area (Å²) in [5.41, 5.74) is 2.72. The van der Waals surface area contributed by atoms with Gasteiger partial charge in [0, 0.05) is 0 Å². The number of aliphatic hydroxyl groups is 1. The lowest BCUT2D eigenvalue weighted by Crippen LogP contribution is -2.32. The fourth-order valence-corrected chi connectivity index (χ4v) is 1.30. The van der Waals surface area contributed by atoms with E-state index < -0.39 is 6.10 Å². The van der Waals surface area contributed by atoms with Crippen LogP contribution in [0.3, 0.4) is 0 Å². The lowest BCUT2D eigenvalue weighted by Gasteiger charge is -2.14. The highest BCUT2D eigenvalue weighted by Crippen LogP contribution is 2.16. The average molecular weight is 269 g/mol. The quantitative estimate of drug-likeness (QED) is 0.527. The molecule has 0 saturated carbocycles. The smallest absolute Gasteiger partial charge is 0.119 e. The minimum atomic E-state index is -0.616. The highest BCUT2D eigenvalue weighted by atomic mass is 16.6. The molecule has 0 fully saturated rings. The maximum atomic E-state index is 9.68. The molecule has 108 valence electrons. The van der Waals surface area contributed by atoms with Crippen molar-refractivity contribution < 1.29 is 19.4 Å². The maximum absolute atomic E-state index is 9.68. The zero-order valence-electron chi connectivity index (χ0n) is 11.8. The van der Waals surface area contributed by atoms with Crippen LogP contribution >= 0.6 is 0 Å². The lowest BCUT2D eigenvalue weighted by molar-refractivity contribution is -0.00773. The van der Waals surface area contributed by atoms with Crippen molar-refractivity contribution in [2.24, 2.45) is 5.92 Å². The molecule has 1 atom stereocenters. The van der Waals surface area contributed by atoms with Crippen LogP contribution in [0.15, 0.2) is 24.3 Å². The molecule has 0 radical (unpaired) electrons. The molecule has 0 bridgehead atoms. The van der Waals surface area contributed by atoms with Crippen LogP contribution < -0.4 is 15.0 Å². The summed E-state index contributed by atoms with van der Waals surface area (Å²) in [4.78, 5) is 5.17. The Hall–Kier alpha value is -1.30. The van der Waals surface area contributed by atoms with Crippen LogP contribution in [0.2, 0.25) is 0 Å². The van der Waals surface area contributed by atoms with Crippen LogP contribution in [0.4, 0.5) is 0 Å². The molecule has 5 heteroatoms. The first-order valence-electron chi connectivity index (χ1n) is 6.41. The summed E-state index contributed by atoms with van der Waals surface area (Å²) in [5.74, 6) is 1.93. The van der Waals surface area contributed by atoms with Crippen LogP contribution in [0.1, 0.15) is 13.8 Å². The average Bonchev–Trinajstić information content (AvgIpc) is 2.41. The van der Waals surface area contributed by atoms with E-state index in [9.17, 15) is 5.11 Å². The molecule has 0 aliphatic carbocycles. The third-order valence-electron chi connectivity index (χ3n) is 2.34. The Morgan fingerprint density at radius 1 is 1.11 bits per heavy atom. The van der Waals surface area contributed by atoms with Gasteiger partial charge in [-0.1, -0.05) is 13.8 Å². The van der Waals surface area contributed by atoms with Crippen molar-refractivity contribution in [3.8, 4) is 11.5 Å². The van der Waals surface area contributed by atoms with Crippen molar-refractivity contribution in [2.45, 2.75) is 20.0 Å². The Labute approximate surface area is 114 Å². The molecule has 0 aliphatic rings. The molecular formula is C14H23NO4. The first kappa shape index (κ1) is 15.8. The van der Waals surface area contributed by atoms with Gasteiger partial charge in [-0.2, -0.15) is 5.48 Å². The molecule has 19 heavy (non-hydrogen) atoms. The summed E-state index contributed by atoms with van der Waals surface area (Å²) < 4.78 is 10.5. The Balaban J connectivity index is 2.16. The number of ether oxygens (including phenoxy) is 2. The molecule has 2 N–H and O–H groups in total. The van der Waals surface area contributed by atoms with Crippen molar-refractivity contribution in [2.75, 3.05) is 26.9 Å². The van der Waals surface area contributed by atoms with Gasteiger partial charge in [0.15, 0.2) is 0 Å². The number of methoxy groups -OCH3 is 1. The predicted molar refractivity (Wildman–Crippen MR) is 73.3 cm³/mol. The molecule has 1 rings (SSSR count). The van der Waals surface area contributed by atoms with Gasteiger partial charge in [-0.25, -0.2) is 0 Å². The van der Waals surface area contributed by atoms with Gasteiger partial charge in [0.25, 0.3) is 0 Å². The molecule has 0 heterocycles. The van der Waals surface area contributed by atoms with Gasteiger partial charge in [-0.05, 0) is 30.2 Å². The minimum absolute atomic E-state index is 0.213. The van der Waals surface area contributed by atoms with Crippen molar-refractivity contribution >= 4 is 0 Å². The van der Waals surface area contributed by atoms with Gasteiger partial charge < -0.3 is 19.4 Å². The monoisotopic (exact) mass is 269 g/mol. The number of hydrogen-bond acceptors (Lipinski definition) is 5. The van der Waals surface area contributed by atoms with E-state index >= 15 is 0 Å². The third kappa shape index (κ3) is 7.00. The fourth-order valence-electron chi connectivity index (χ4n) is 1.30. The first-order chi connectivity index (χ1) is 9.11. The normalized spacial score (nSPS) is 12.5. The molecule has 0 aliphatic heterocycles. The van der Waals surface area contributed by atoms with Crippen LogP contribution in [0.25, 0.3) is 0 Å². The van der Waals surface area contributed by atoms with E-state index in [2.05, 4.69) is 19.3 Å². The molecule has 0 saturated heterocycles. The highest BCUT2D eigenvalue weighted by molar-refractivity contribution is 5.31. The van der Waals surface area contributed by atoms with Gasteiger partial charge in [0.2, 0.25) is 0 Å².